The highest BCUT2D eigenvalue weighted by Crippen LogP contribution is 2.40. The van der Waals surface area contributed by atoms with E-state index in [1.54, 1.807) is 6.07 Å². The van der Waals surface area contributed by atoms with Gasteiger partial charge in [-0.05, 0) is 81.0 Å². The number of aryl methyl sites for hydroxylation is 2. The number of carbonyl (C=O) groups excluding carboxylic acids is 2. The Balaban J connectivity index is 1.07. The third-order valence-corrected chi connectivity index (χ3v) is 10.5. The Hall–Kier alpha value is -3.24. The summed E-state index contributed by atoms with van der Waals surface area (Å²) in [5, 5.41) is 9.21. The Morgan fingerprint density at radius 3 is 2.39 bits per heavy atom. The molecule has 1 aromatic carbocycles. The maximum atomic E-state index is 13.5. The second-order valence-corrected chi connectivity index (χ2v) is 13.2. The van der Waals surface area contributed by atoms with Crippen LogP contribution >= 0.6 is 0 Å². The number of nitriles is 1. The fourth-order valence-electron chi connectivity index (χ4n) is 8.23. The molecule has 2 amide bonds. The van der Waals surface area contributed by atoms with E-state index in [0.29, 0.717) is 40.6 Å². The molecular formula is C34H43N5O2. The van der Waals surface area contributed by atoms with E-state index in [1.165, 1.54) is 31.2 Å². The monoisotopic (exact) mass is 553 g/mol. The smallest absolute Gasteiger partial charge is 0.255 e. The number of hydrogen-bond acceptors (Lipinski definition) is 5. The molecule has 216 valence electrons. The molecule has 3 aliphatic heterocycles. The molecule has 1 aliphatic carbocycles. The minimum absolute atomic E-state index is 0.0178. The fraction of sp³-hybridized carbons (Fsp3) is 0.588. The van der Waals surface area contributed by atoms with E-state index in [9.17, 15) is 14.9 Å². The molecule has 0 radical (unpaired) electrons. The minimum atomic E-state index is 0.0178. The Bertz CT molecular complexity index is 1290. The summed E-state index contributed by atoms with van der Waals surface area (Å²) in [6.07, 6.45) is 7.81. The van der Waals surface area contributed by atoms with E-state index in [2.05, 4.69) is 51.2 Å². The summed E-state index contributed by atoms with van der Waals surface area (Å²) in [4.78, 5) is 37.8. The van der Waals surface area contributed by atoms with E-state index >= 15 is 0 Å². The van der Waals surface area contributed by atoms with E-state index in [0.717, 1.165) is 70.6 Å². The first-order valence-electron chi connectivity index (χ1n) is 15.6. The van der Waals surface area contributed by atoms with Gasteiger partial charge in [0.15, 0.2) is 0 Å². The molecular weight excluding hydrogens is 510 g/mol. The molecule has 41 heavy (non-hydrogen) atoms. The summed E-state index contributed by atoms with van der Waals surface area (Å²) in [6.45, 7) is 10.1. The van der Waals surface area contributed by atoms with Crippen molar-refractivity contribution in [3.8, 4) is 6.07 Å². The standard InChI is InChI=1S/C34H43N5O2/c1-24-16-30(18-35)36-25(2)32(24)33(41)39-21-27-19-37(20-28(27)22-39)14-12-34(29-10-4-3-5-11-29)13-15-38(23-34)31(40)17-26-8-6-7-9-26/h3-5,10-11,16,26-28H,6-9,12-15,17,19-23H2,1-2H3. The number of carbonyl (C=O) groups is 2. The molecule has 7 nitrogen and oxygen atoms in total. The van der Waals surface area contributed by atoms with Gasteiger partial charge >= 0.3 is 0 Å². The molecule has 6 rings (SSSR count). The predicted molar refractivity (Wildman–Crippen MR) is 158 cm³/mol. The van der Waals surface area contributed by atoms with Crippen LogP contribution < -0.4 is 0 Å². The molecule has 0 bridgehead atoms. The Morgan fingerprint density at radius 2 is 1.73 bits per heavy atom. The number of rotatable bonds is 7. The van der Waals surface area contributed by atoms with E-state index in [1.807, 2.05) is 18.7 Å². The van der Waals surface area contributed by atoms with Crippen LogP contribution in [0.3, 0.4) is 0 Å². The summed E-state index contributed by atoms with van der Waals surface area (Å²) in [6, 6.07) is 14.7. The summed E-state index contributed by atoms with van der Waals surface area (Å²) >= 11 is 0. The van der Waals surface area contributed by atoms with Crippen LogP contribution in [-0.2, 0) is 10.2 Å². The van der Waals surface area contributed by atoms with Gasteiger partial charge in [0, 0.05) is 51.1 Å². The van der Waals surface area contributed by atoms with Crippen molar-refractivity contribution < 1.29 is 9.59 Å². The van der Waals surface area contributed by atoms with Gasteiger partial charge in [0.05, 0.1) is 11.3 Å². The first kappa shape index (κ1) is 27.9. The third kappa shape index (κ3) is 5.64. The zero-order chi connectivity index (χ0) is 28.6. The van der Waals surface area contributed by atoms with Crippen molar-refractivity contribution in [3.05, 3.63) is 64.5 Å². The second-order valence-electron chi connectivity index (χ2n) is 13.2. The number of fused-ring (bicyclic) bond motifs is 1. The lowest BCUT2D eigenvalue weighted by atomic mass is 9.76. The molecule has 2 aromatic rings. The molecule has 3 unspecified atom stereocenters. The Kier molecular flexibility index (Phi) is 7.87. The molecule has 3 saturated heterocycles. The van der Waals surface area contributed by atoms with Gasteiger partial charge in [0.25, 0.3) is 5.91 Å². The largest absolute Gasteiger partial charge is 0.342 e. The normalized spacial score (nSPS) is 26.5. The first-order valence-corrected chi connectivity index (χ1v) is 15.6. The lowest BCUT2D eigenvalue weighted by Gasteiger charge is -2.32. The third-order valence-electron chi connectivity index (χ3n) is 10.5. The van der Waals surface area contributed by atoms with Gasteiger partial charge in [-0.2, -0.15) is 5.26 Å². The lowest BCUT2D eigenvalue weighted by molar-refractivity contribution is -0.131. The first-order chi connectivity index (χ1) is 19.8. The number of aromatic nitrogens is 1. The average molecular weight is 554 g/mol. The molecule has 1 aromatic heterocycles. The highest BCUT2D eigenvalue weighted by molar-refractivity contribution is 5.97. The van der Waals surface area contributed by atoms with Gasteiger partial charge < -0.3 is 14.7 Å². The van der Waals surface area contributed by atoms with E-state index in [4.69, 9.17) is 0 Å². The van der Waals surface area contributed by atoms with Crippen molar-refractivity contribution in [2.45, 2.75) is 64.2 Å². The van der Waals surface area contributed by atoms with Crippen molar-refractivity contribution in [1.29, 1.82) is 5.26 Å². The maximum absolute atomic E-state index is 13.5. The Labute approximate surface area is 244 Å². The van der Waals surface area contributed by atoms with Crippen molar-refractivity contribution in [3.63, 3.8) is 0 Å². The van der Waals surface area contributed by atoms with E-state index < -0.39 is 0 Å². The number of hydrogen-bond donors (Lipinski definition) is 0. The molecule has 3 atom stereocenters. The fourth-order valence-corrected chi connectivity index (χ4v) is 8.23. The van der Waals surface area contributed by atoms with E-state index in [-0.39, 0.29) is 11.3 Å². The lowest BCUT2D eigenvalue weighted by Crippen LogP contribution is -2.39. The van der Waals surface area contributed by atoms with Crippen LogP contribution in [0.2, 0.25) is 0 Å². The van der Waals surface area contributed by atoms with Crippen molar-refractivity contribution in [2.75, 3.05) is 45.8 Å². The highest BCUT2D eigenvalue weighted by atomic mass is 16.2. The predicted octanol–water partition coefficient (Wildman–Crippen LogP) is 4.71. The van der Waals surface area contributed by atoms with Gasteiger partial charge in [-0.1, -0.05) is 43.2 Å². The van der Waals surface area contributed by atoms with Crippen LogP contribution in [0.15, 0.2) is 36.4 Å². The second kappa shape index (κ2) is 11.6. The molecule has 0 N–H and O–H groups in total. The van der Waals surface area contributed by atoms with Crippen LogP contribution in [0.1, 0.15) is 77.8 Å². The maximum Gasteiger partial charge on any atom is 0.255 e. The van der Waals surface area contributed by atoms with Gasteiger partial charge in [0.1, 0.15) is 11.8 Å². The topological polar surface area (TPSA) is 80.5 Å². The zero-order valence-electron chi connectivity index (χ0n) is 24.6. The number of benzene rings is 1. The van der Waals surface area contributed by atoms with Crippen molar-refractivity contribution in [1.82, 2.24) is 19.7 Å². The van der Waals surface area contributed by atoms with Crippen LogP contribution in [0.25, 0.3) is 0 Å². The summed E-state index contributed by atoms with van der Waals surface area (Å²) < 4.78 is 0. The number of amides is 2. The molecule has 1 saturated carbocycles. The number of pyridine rings is 1. The number of likely N-dealkylation sites (tertiary alicyclic amines) is 3. The van der Waals surface area contributed by atoms with Gasteiger partial charge in [-0.3, -0.25) is 9.59 Å². The molecule has 4 aliphatic rings. The molecule has 7 heteroatoms. The van der Waals surface area contributed by atoms with Crippen LogP contribution in [0, 0.1) is 42.9 Å². The summed E-state index contributed by atoms with van der Waals surface area (Å²) in [5.41, 5.74) is 3.87. The Morgan fingerprint density at radius 1 is 1.02 bits per heavy atom. The van der Waals surface area contributed by atoms with Gasteiger partial charge in [0.2, 0.25) is 5.91 Å². The van der Waals surface area contributed by atoms with Crippen molar-refractivity contribution >= 4 is 11.8 Å². The molecule has 4 heterocycles. The highest BCUT2D eigenvalue weighted by Gasteiger charge is 2.45. The average Bonchev–Trinajstić information content (AvgIpc) is 3.76. The molecule has 4 fully saturated rings. The summed E-state index contributed by atoms with van der Waals surface area (Å²) in [5.74, 6) is 1.98. The van der Waals surface area contributed by atoms with Crippen molar-refractivity contribution in [2.24, 2.45) is 17.8 Å². The SMILES string of the molecule is Cc1cc(C#N)nc(C)c1C(=O)N1CC2CN(CCC3(c4ccccc4)CCN(C(=O)CC4CCCC4)C3)CC2C1. The van der Waals surface area contributed by atoms with Crippen LogP contribution in [0.5, 0.6) is 0 Å². The number of nitrogens with zero attached hydrogens (tertiary/aromatic N) is 5. The van der Waals surface area contributed by atoms with Gasteiger partial charge in [-0.25, -0.2) is 4.98 Å². The minimum Gasteiger partial charge on any atom is -0.342 e. The van der Waals surface area contributed by atoms with Crippen LogP contribution in [0.4, 0.5) is 0 Å². The zero-order valence-corrected chi connectivity index (χ0v) is 24.6. The van der Waals surface area contributed by atoms with Crippen LogP contribution in [-0.4, -0.2) is 77.3 Å². The summed E-state index contributed by atoms with van der Waals surface area (Å²) in [7, 11) is 0. The quantitative estimate of drug-likeness (QED) is 0.496. The molecule has 0 spiro atoms. The van der Waals surface area contributed by atoms with Gasteiger partial charge in [-0.15, -0.1) is 0 Å².